The average Bonchev–Trinajstić information content (AvgIpc) is 2.43. The second kappa shape index (κ2) is 4.11. The van der Waals surface area contributed by atoms with Gasteiger partial charge in [-0.3, -0.25) is 4.79 Å². The van der Waals surface area contributed by atoms with Gasteiger partial charge in [0, 0.05) is 12.8 Å². The highest BCUT2D eigenvalue weighted by Gasteiger charge is 2.19. The minimum absolute atomic E-state index is 0.243. The van der Waals surface area contributed by atoms with Crippen molar-refractivity contribution in [3.8, 4) is 11.8 Å². The molecule has 1 aliphatic rings. The number of rotatable bonds is 1. The lowest BCUT2D eigenvalue weighted by Crippen LogP contribution is -1.93. The molecule has 0 heterocycles. The van der Waals surface area contributed by atoms with Gasteiger partial charge in [0.1, 0.15) is 0 Å². The standard InChI is InChI=1S/C11H14O/c1-3-5-6-10-9(4-2)7-8-11(10)12/h3-4,7-8H2,1-2H3. The maximum atomic E-state index is 11.3. The van der Waals surface area contributed by atoms with E-state index in [1.54, 1.807) is 0 Å². The summed E-state index contributed by atoms with van der Waals surface area (Å²) >= 11 is 0. The lowest BCUT2D eigenvalue weighted by atomic mass is 10.1. The summed E-state index contributed by atoms with van der Waals surface area (Å²) in [5.74, 6) is 6.16. The Bertz CT molecular complexity index is 273. The van der Waals surface area contributed by atoms with Crippen LogP contribution in [0.15, 0.2) is 11.1 Å². The summed E-state index contributed by atoms with van der Waals surface area (Å²) in [6.07, 6.45) is 3.41. The predicted octanol–water partition coefficient (Wildman–Crippen LogP) is 2.47. The van der Waals surface area contributed by atoms with Gasteiger partial charge in [-0.15, -0.1) is 0 Å². The number of Topliss-reactive ketones (excluding diaryl/α,β-unsaturated/α-hetero) is 1. The molecule has 12 heavy (non-hydrogen) atoms. The molecule has 0 spiro atoms. The van der Waals surface area contributed by atoms with E-state index in [0.29, 0.717) is 6.42 Å². The van der Waals surface area contributed by atoms with Crippen molar-refractivity contribution in [2.75, 3.05) is 0 Å². The average molecular weight is 162 g/mol. The second-order valence-corrected chi connectivity index (χ2v) is 2.91. The summed E-state index contributed by atoms with van der Waals surface area (Å²) in [7, 11) is 0. The molecular weight excluding hydrogens is 148 g/mol. The van der Waals surface area contributed by atoms with Crippen LogP contribution in [0.3, 0.4) is 0 Å². The minimum Gasteiger partial charge on any atom is -0.293 e. The quantitative estimate of drug-likeness (QED) is 0.541. The van der Waals surface area contributed by atoms with E-state index >= 15 is 0 Å². The molecule has 0 aromatic heterocycles. The maximum absolute atomic E-state index is 11.3. The Morgan fingerprint density at radius 1 is 1.33 bits per heavy atom. The van der Waals surface area contributed by atoms with Gasteiger partial charge in [-0.2, -0.15) is 0 Å². The Hall–Kier alpha value is -1.03. The van der Waals surface area contributed by atoms with Gasteiger partial charge in [-0.1, -0.05) is 31.3 Å². The summed E-state index contributed by atoms with van der Waals surface area (Å²) in [6.45, 7) is 4.08. The SMILES string of the molecule is CCC#CC1=C(CC)CCC1=O. The van der Waals surface area contributed by atoms with Crippen LogP contribution < -0.4 is 0 Å². The lowest BCUT2D eigenvalue weighted by Gasteiger charge is -1.93. The molecule has 0 aromatic carbocycles. The highest BCUT2D eigenvalue weighted by atomic mass is 16.1. The van der Waals surface area contributed by atoms with Crippen molar-refractivity contribution < 1.29 is 4.79 Å². The van der Waals surface area contributed by atoms with Gasteiger partial charge in [0.25, 0.3) is 0 Å². The van der Waals surface area contributed by atoms with Gasteiger partial charge in [-0.05, 0) is 12.8 Å². The number of hydrogen-bond acceptors (Lipinski definition) is 1. The molecular formula is C11H14O. The van der Waals surface area contributed by atoms with Crippen molar-refractivity contribution in [1.29, 1.82) is 0 Å². The van der Waals surface area contributed by atoms with Gasteiger partial charge >= 0.3 is 0 Å². The first-order valence-corrected chi connectivity index (χ1v) is 4.53. The van der Waals surface area contributed by atoms with Crippen LogP contribution in [0.25, 0.3) is 0 Å². The fraction of sp³-hybridized carbons (Fsp3) is 0.545. The molecule has 0 radical (unpaired) electrons. The van der Waals surface area contributed by atoms with Crippen LogP contribution in [0.4, 0.5) is 0 Å². The van der Waals surface area contributed by atoms with E-state index in [1.165, 1.54) is 5.57 Å². The zero-order valence-corrected chi connectivity index (χ0v) is 7.74. The molecule has 1 nitrogen and oxygen atoms in total. The van der Waals surface area contributed by atoms with Gasteiger partial charge in [0.15, 0.2) is 5.78 Å². The molecule has 0 unspecified atom stereocenters. The van der Waals surface area contributed by atoms with Crippen LogP contribution >= 0.6 is 0 Å². The Morgan fingerprint density at radius 2 is 2.08 bits per heavy atom. The van der Waals surface area contributed by atoms with Crippen molar-refractivity contribution >= 4 is 5.78 Å². The van der Waals surface area contributed by atoms with E-state index in [-0.39, 0.29) is 5.78 Å². The van der Waals surface area contributed by atoms with E-state index in [2.05, 4.69) is 18.8 Å². The first kappa shape index (κ1) is 9.06. The van der Waals surface area contributed by atoms with E-state index in [0.717, 1.165) is 24.8 Å². The predicted molar refractivity (Wildman–Crippen MR) is 49.6 cm³/mol. The molecule has 0 atom stereocenters. The second-order valence-electron chi connectivity index (χ2n) is 2.91. The summed E-state index contributed by atoms with van der Waals surface area (Å²) in [6, 6.07) is 0. The summed E-state index contributed by atoms with van der Waals surface area (Å²) in [5, 5.41) is 0. The van der Waals surface area contributed by atoms with Crippen molar-refractivity contribution in [3.63, 3.8) is 0 Å². The summed E-state index contributed by atoms with van der Waals surface area (Å²) in [4.78, 5) is 11.3. The Morgan fingerprint density at radius 3 is 2.67 bits per heavy atom. The molecule has 0 amide bonds. The summed E-state index contributed by atoms with van der Waals surface area (Å²) < 4.78 is 0. The normalized spacial score (nSPS) is 16.3. The topological polar surface area (TPSA) is 17.1 Å². The molecule has 1 aliphatic carbocycles. The third-order valence-electron chi connectivity index (χ3n) is 2.10. The van der Waals surface area contributed by atoms with Crippen molar-refractivity contribution in [2.45, 2.75) is 39.5 Å². The third kappa shape index (κ3) is 1.76. The van der Waals surface area contributed by atoms with Crippen LogP contribution in [0.1, 0.15) is 39.5 Å². The van der Waals surface area contributed by atoms with Gasteiger partial charge < -0.3 is 0 Å². The molecule has 1 rings (SSSR count). The smallest absolute Gasteiger partial charge is 0.171 e. The molecule has 0 saturated carbocycles. The van der Waals surface area contributed by atoms with Crippen molar-refractivity contribution in [2.24, 2.45) is 0 Å². The fourth-order valence-corrected chi connectivity index (χ4v) is 1.40. The number of allylic oxidation sites excluding steroid dienone is 2. The number of hydrogen-bond donors (Lipinski definition) is 0. The molecule has 0 saturated heterocycles. The van der Waals surface area contributed by atoms with Crippen LogP contribution in [0.2, 0.25) is 0 Å². The van der Waals surface area contributed by atoms with E-state index in [9.17, 15) is 4.79 Å². The molecule has 0 aliphatic heterocycles. The van der Waals surface area contributed by atoms with Crippen LogP contribution in [0.5, 0.6) is 0 Å². The molecule has 0 bridgehead atoms. The fourth-order valence-electron chi connectivity index (χ4n) is 1.40. The van der Waals surface area contributed by atoms with Gasteiger partial charge in [0.05, 0.1) is 5.57 Å². The Kier molecular flexibility index (Phi) is 3.10. The Balaban J connectivity index is 2.87. The van der Waals surface area contributed by atoms with Gasteiger partial charge in [0.2, 0.25) is 0 Å². The van der Waals surface area contributed by atoms with Gasteiger partial charge in [-0.25, -0.2) is 0 Å². The number of ketones is 1. The largest absolute Gasteiger partial charge is 0.293 e. The zero-order chi connectivity index (χ0) is 8.97. The zero-order valence-electron chi connectivity index (χ0n) is 7.74. The highest BCUT2D eigenvalue weighted by Crippen LogP contribution is 2.24. The molecule has 64 valence electrons. The first-order chi connectivity index (χ1) is 5.79. The van der Waals surface area contributed by atoms with E-state index < -0.39 is 0 Å². The van der Waals surface area contributed by atoms with Crippen LogP contribution in [-0.2, 0) is 4.79 Å². The first-order valence-electron chi connectivity index (χ1n) is 4.53. The Labute approximate surface area is 73.9 Å². The molecule has 1 heteroatoms. The lowest BCUT2D eigenvalue weighted by molar-refractivity contribution is -0.114. The number of carbonyl (C=O) groups is 1. The summed E-state index contributed by atoms with van der Waals surface area (Å²) in [5.41, 5.74) is 2.06. The minimum atomic E-state index is 0.243. The molecule has 0 N–H and O–H groups in total. The number of carbonyl (C=O) groups excluding carboxylic acids is 1. The molecule has 0 aromatic rings. The third-order valence-corrected chi connectivity index (χ3v) is 2.10. The van der Waals surface area contributed by atoms with E-state index in [4.69, 9.17) is 0 Å². The monoisotopic (exact) mass is 162 g/mol. The van der Waals surface area contributed by atoms with Crippen LogP contribution in [0, 0.1) is 11.8 Å². The van der Waals surface area contributed by atoms with Crippen LogP contribution in [-0.4, -0.2) is 5.78 Å². The highest BCUT2D eigenvalue weighted by molar-refractivity contribution is 6.02. The molecule has 0 fully saturated rings. The maximum Gasteiger partial charge on any atom is 0.171 e. The van der Waals surface area contributed by atoms with E-state index in [1.807, 2.05) is 6.92 Å². The van der Waals surface area contributed by atoms with Crippen molar-refractivity contribution in [1.82, 2.24) is 0 Å². The van der Waals surface area contributed by atoms with Crippen molar-refractivity contribution in [3.05, 3.63) is 11.1 Å².